The quantitative estimate of drug-likeness (QED) is 0.398. The molecule has 8 nitrogen and oxygen atoms in total. The molecule has 0 saturated heterocycles. The predicted molar refractivity (Wildman–Crippen MR) is 109 cm³/mol. The molecule has 2 amide bonds. The second kappa shape index (κ2) is 9.51. The van der Waals surface area contributed by atoms with E-state index in [1.807, 2.05) is 20.8 Å². The Morgan fingerprint density at radius 2 is 1.93 bits per heavy atom. The average Bonchev–Trinajstić information content (AvgIpc) is 3.03. The van der Waals surface area contributed by atoms with E-state index in [4.69, 9.17) is 10.5 Å². The van der Waals surface area contributed by atoms with Crippen LogP contribution >= 0.6 is 11.3 Å². The van der Waals surface area contributed by atoms with E-state index < -0.39 is 36.2 Å². The Labute approximate surface area is 172 Å². The van der Waals surface area contributed by atoms with E-state index in [-0.39, 0.29) is 23.7 Å². The van der Waals surface area contributed by atoms with Crippen LogP contribution in [-0.4, -0.2) is 41.3 Å². The number of carboxylic acids is 1. The summed E-state index contributed by atoms with van der Waals surface area (Å²) in [6.45, 7) is 5.15. The van der Waals surface area contributed by atoms with Gasteiger partial charge in [0.1, 0.15) is 11.8 Å². The van der Waals surface area contributed by atoms with Gasteiger partial charge in [0.2, 0.25) is 0 Å². The molecule has 0 radical (unpaired) electrons. The van der Waals surface area contributed by atoms with Gasteiger partial charge in [-0.1, -0.05) is 26.8 Å². The van der Waals surface area contributed by atoms with Gasteiger partial charge in [-0.05, 0) is 30.9 Å². The van der Waals surface area contributed by atoms with E-state index >= 15 is 0 Å². The summed E-state index contributed by atoms with van der Waals surface area (Å²) in [6, 6.07) is 4.07. The number of hydrogen-bond acceptors (Lipinski definition) is 6. The predicted octanol–water partition coefficient (Wildman–Crippen LogP) is 2.13. The Morgan fingerprint density at radius 3 is 2.48 bits per heavy atom. The van der Waals surface area contributed by atoms with Crippen LogP contribution in [0.4, 0.5) is 0 Å². The summed E-state index contributed by atoms with van der Waals surface area (Å²) in [5.74, 6) is -3.24. The molecule has 4 N–H and O–H groups in total. The fourth-order valence-electron chi connectivity index (χ4n) is 2.97. The third-order valence-corrected chi connectivity index (χ3v) is 5.52. The highest BCUT2D eigenvalue weighted by Gasteiger charge is 2.25. The van der Waals surface area contributed by atoms with Crippen molar-refractivity contribution >= 4 is 45.0 Å². The van der Waals surface area contributed by atoms with Gasteiger partial charge in [-0.15, -0.1) is 11.3 Å². The number of ketones is 1. The number of carbonyl (C=O) groups excluding carboxylic acids is 3. The molecule has 1 aromatic heterocycles. The molecule has 2 rings (SSSR count). The van der Waals surface area contributed by atoms with Crippen molar-refractivity contribution in [2.75, 3.05) is 6.61 Å². The van der Waals surface area contributed by atoms with Crippen molar-refractivity contribution in [3.05, 3.63) is 28.6 Å². The monoisotopic (exact) mass is 420 g/mol. The van der Waals surface area contributed by atoms with Gasteiger partial charge in [-0.3, -0.25) is 14.4 Å². The maximum absolute atomic E-state index is 12.3. The summed E-state index contributed by atoms with van der Waals surface area (Å²) >= 11 is 1.35. The lowest BCUT2D eigenvalue weighted by Gasteiger charge is -2.17. The molecule has 0 aliphatic carbocycles. The smallest absolute Gasteiger partial charge is 0.326 e. The van der Waals surface area contributed by atoms with E-state index in [2.05, 4.69) is 5.32 Å². The molecule has 0 aliphatic heterocycles. The van der Waals surface area contributed by atoms with Crippen LogP contribution in [0.25, 0.3) is 10.1 Å². The molecule has 0 saturated carbocycles. The van der Waals surface area contributed by atoms with Crippen LogP contribution < -0.4 is 15.8 Å². The summed E-state index contributed by atoms with van der Waals surface area (Å²) in [4.78, 5) is 48.0. The van der Waals surface area contributed by atoms with Crippen molar-refractivity contribution in [2.24, 2.45) is 11.7 Å². The number of ether oxygens (including phenoxy) is 1. The van der Waals surface area contributed by atoms with Crippen LogP contribution in [0.15, 0.2) is 18.2 Å². The average molecular weight is 420 g/mol. The SMILES string of the molecule is CCc1sc2cccc(OCC(=O)N[C@@H](CC(C)C)C(=O)O)c2c1C(=O)C(N)=O. The summed E-state index contributed by atoms with van der Waals surface area (Å²) in [5, 5.41) is 12.1. The zero-order chi connectivity index (χ0) is 21.7. The topological polar surface area (TPSA) is 136 Å². The maximum atomic E-state index is 12.3. The number of Topliss-reactive ketones (excluding diaryl/α,β-unsaturated/α-hetero) is 1. The lowest BCUT2D eigenvalue weighted by Crippen LogP contribution is -2.43. The lowest BCUT2D eigenvalue weighted by atomic mass is 10.0. The molecule has 0 aliphatic rings. The molecule has 1 atom stereocenters. The van der Waals surface area contributed by atoms with Crippen LogP contribution in [0.3, 0.4) is 0 Å². The van der Waals surface area contributed by atoms with Gasteiger partial charge >= 0.3 is 5.97 Å². The summed E-state index contributed by atoms with van der Waals surface area (Å²) in [7, 11) is 0. The number of nitrogens with two attached hydrogens (primary N) is 1. The molecule has 0 bridgehead atoms. The number of rotatable bonds is 10. The van der Waals surface area contributed by atoms with Gasteiger partial charge in [0.05, 0.1) is 5.56 Å². The van der Waals surface area contributed by atoms with Crippen LogP contribution in [0.5, 0.6) is 5.75 Å². The number of carboxylic acid groups (broad SMARTS) is 1. The maximum Gasteiger partial charge on any atom is 0.326 e. The van der Waals surface area contributed by atoms with Gasteiger partial charge in [-0.25, -0.2) is 4.79 Å². The van der Waals surface area contributed by atoms with Gasteiger partial charge in [0.25, 0.3) is 17.6 Å². The second-order valence-electron chi connectivity index (χ2n) is 6.95. The highest BCUT2D eigenvalue weighted by molar-refractivity contribution is 7.19. The summed E-state index contributed by atoms with van der Waals surface area (Å²) in [5.41, 5.74) is 5.39. The molecule has 1 aromatic carbocycles. The number of nitrogens with one attached hydrogen (secondary N) is 1. The minimum Gasteiger partial charge on any atom is -0.483 e. The first-order valence-electron chi connectivity index (χ1n) is 9.19. The van der Waals surface area contributed by atoms with Crippen molar-refractivity contribution in [3.8, 4) is 5.75 Å². The molecule has 156 valence electrons. The molecular formula is C20H24N2O6S. The number of fused-ring (bicyclic) bond motifs is 1. The minimum atomic E-state index is -1.12. The molecule has 9 heteroatoms. The summed E-state index contributed by atoms with van der Waals surface area (Å²) < 4.78 is 6.32. The number of amides is 2. The third-order valence-electron chi connectivity index (χ3n) is 4.22. The van der Waals surface area contributed by atoms with Crippen molar-refractivity contribution in [1.82, 2.24) is 5.32 Å². The Bertz CT molecular complexity index is 950. The van der Waals surface area contributed by atoms with Crippen LogP contribution in [0.2, 0.25) is 0 Å². The highest BCUT2D eigenvalue weighted by atomic mass is 32.1. The number of primary amides is 1. The number of thiophene rings is 1. The van der Waals surface area contributed by atoms with Crippen LogP contribution in [0.1, 0.15) is 42.4 Å². The minimum absolute atomic E-state index is 0.0895. The van der Waals surface area contributed by atoms with Gasteiger partial charge in [0.15, 0.2) is 6.61 Å². The van der Waals surface area contributed by atoms with Crippen LogP contribution in [0, 0.1) is 5.92 Å². The molecule has 0 fully saturated rings. The number of benzene rings is 1. The first-order chi connectivity index (χ1) is 13.6. The fourth-order valence-corrected chi connectivity index (χ4v) is 4.13. The van der Waals surface area contributed by atoms with E-state index in [0.29, 0.717) is 16.7 Å². The van der Waals surface area contributed by atoms with Gasteiger partial charge in [0, 0.05) is 15.0 Å². The number of carbonyl (C=O) groups is 4. The fraction of sp³-hybridized carbons (Fsp3) is 0.400. The Morgan fingerprint density at radius 1 is 1.24 bits per heavy atom. The first kappa shape index (κ1) is 22.4. The van der Waals surface area contributed by atoms with Crippen molar-refractivity contribution in [3.63, 3.8) is 0 Å². The van der Waals surface area contributed by atoms with Crippen molar-refractivity contribution < 1.29 is 29.0 Å². The van der Waals surface area contributed by atoms with E-state index in [1.54, 1.807) is 18.2 Å². The zero-order valence-corrected chi connectivity index (χ0v) is 17.3. The molecule has 1 heterocycles. The molecule has 29 heavy (non-hydrogen) atoms. The van der Waals surface area contributed by atoms with Crippen LogP contribution in [-0.2, 0) is 20.8 Å². The normalized spacial score (nSPS) is 12.0. The van der Waals surface area contributed by atoms with Gasteiger partial charge < -0.3 is 20.9 Å². The van der Waals surface area contributed by atoms with Gasteiger partial charge in [-0.2, -0.15) is 0 Å². The Hall–Kier alpha value is -2.94. The summed E-state index contributed by atoms with van der Waals surface area (Å²) in [6.07, 6.45) is 0.821. The first-order valence-corrected chi connectivity index (χ1v) is 10.0. The van der Waals surface area contributed by atoms with E-state index in [1.165, 1.54) is 11.3 Å². The molecule has 0 unspecified atom stereocenters. The number of hydrogen-bond donors (Lipinski definition) is 3. The number of aliphatic carboxylic acids is 1. The molecule has 2 aromatic rings. The second-order valence-corrected chi connectivity index (χ2v) is 8.09. The van der Waals surface area contributed by atoms with E-state index in [9.17, 15) is 24.3 Å². The standard InChI is InChI=1S/C20H24N2O6S/c1-4-13-17(18(24)19(21)25)16-12(6-5-7-14(16)29-13)28-9-15(23)22-11(20(26)27)8-10(2)3/h5-7,10-11H,4,8-9H2,1-3H3,(H2,21,25)(H,22,23)(H,26,27)/t11-/m0/s1. The molecular weight excluding hydrogens is 396 g/mol. The Kier molecular flexibility index (Phi) is 7.33. The Balaban J connectivity index is 2.27. The zero-order valence-electron chi connectivity index (χ0n) is 16.5. The van der Waals surface area contributed by atoms with Crippen molar-refractivity contribution in [2.45, 2.75) is 39.7 Å². The van der Waals surface area contributed by atoms with E-state index in [0.717, 1.165) is 4.70 Å². The largest absolute Gasteiger partial charge is 0.483 e. The molecule has 0 spiro atoms. The third kappa shape index (κ3) is 5.32. The lowest BCUT2D eigenvalue weighted by molar-refractivity contribution is -0.142. The highest BCUT2D eigenvalue weighted by Crippen LogP contribution is 2.38. The number of aryl methyl sites for hydroxylation is 1. The van der Waals surface area contributed by atoms with Crippen molar-refractivity contribution in [1.29, 1.82) is 0 Å².